The van der Waals surface area contributed by atoms with Crippen LogP contribution in [0.2, 0.25) is 0 Å². The van der Waals surface area contributed by atoms with Crippen LogP contribution in [0.25, 0.3) is 6.08 Å². The number of halogens is 1. The highest BCUT2D eigenvalue weighted by molar-refractivity contribution is 6.54. The van der Waals surface area contributed by atoms with Crippen LogP contribution in [0.4, 0.5) is 4.39 Å². The molecule has 0 radical (unpaired) electrons. The van der Waals surface area contributed by atoms with E-state index >= 15 is 0 Å². The summed E-state index contributed by atoms with van der Waals surface area (Å²) in [4.78, 5) is 0. The second-order valence-electron chi connectivity index (χ2n) is 7.36. The van der Waals surface area contributed by atoms with E-state index in [1.54, 1.807) is 0 Å². The fraction of sp³-hybridized carbons (Fsp3) is 0.273. The van der Waals surface area contributed by atoms with Crippen molar-refractivity contribution in [3.63, 3.8) is 0 Å². The predicted octanol–water partition coefficient (Wildman–Crippen LogP) is 5.03. The topological polar surface area (TPSA) is 18.5 Å². The molecule has 3 rings (SSSR count). The van der Waals surface area contributed by atoms with E-state index in [2.05, 4.69) is 11.8 Å². The zero-order chi connectivity index (χ0) is 18.8. The highest BCUT2D eigenvalue weighted by atomic mass is 19.1. The molecular formula is C22H22BFO2. The molecule has 0 N–H and O–H groups in total. The Morgan fingerprint density at radius 3 is 2.12 bits per heavy atom. The Labute approximate surface area is 155 Å². The van der Waals surface area contributed by atoms with Crippen molar-refractivity contribution in [2.45, 2.75) is 38.9 Å². The zero-order valence-corrected chi connectivity index (χ0v) is 15.5. The minimum atomic E-state index is -0.987. The van der Waals surface area contributed by atoms with Gasteiger partial charge in [0, 0.05) is 11.1 Å². The van der Waals surface area contributed by atoms with Gasteiger partial charge in [0.1, 0.15) is 5.73 Å². The largest absolute Gasteiger partial charge is 0.525 e. The summed E-state index contributed by atoms with van der Waals surface area (Å²) in [6.45, 7) is 7.61. The van der Waals surface area contributed by atoms with Gasteiger partial charge >= 0.3 is 7.12 Å². The fourth-order valence-electron chi connectivity index (χ4n) is 2.55. The SMILES string of the molecule is CC1(C)OB(C(F)=Cc2cccc(C#Cc3ccccc3)c2)OC1(C)C. The Morgan fingerprint density at radius 2 is 1.46 bits per heavy atom. The minimum absolute atomic E-state index is 0.447. The summed E-state index contributed by atoms with van der Waals surface area (Å²) in [7, 11) is -0.987. The maximum Gasteiger partial charge on any atom is 0.525 e. The number of benzene rings is 2. The lowest BCUT2D eigenvalue weighted by molar-refractivity contribution is 0.00578. The van der Waals surface area contributed by atoms with Crippen LogP contribution in [0.3, 0.4) is 0 Å². The minimum Gasteiger partial charge on any atom is -0.398 e. The third-order valence-corrected chi connectivity index (χ3v) is 4.79. The van der Waals surface area contributed by atoms with Gasteiger partial charge in [-0.2, -0.15) is 0 Å². The highest BCUT2D eigenvalue weighted by Gasteiger charge is 2.53. The summed E-state index contributed by atoms with van der Waals surface area (Å²) in [5.74, 6) is 6.21. The van der Waals surface area contributed by atoms with E-state index in [9.17, 15) is 4.39 Å². The Kier molecular flexibility index (Phi) is 5.04. The molecule has 1 heterocycles. The molecule has 0 aromatic heterocycles. The Balaban J connectivity index is 1.79. The lowest BCUT2D eigenvalue weighted by atomic mass is 9.86. The van der Waals surface area contributed by atoms with E-state index in [0.29, 0.717) is 0 Å². The third-order valence-electron chi connectivity index (χ3n) is 4.79. The molecule has 4 heteroatoms. The van der Waals surface area contributed by atoms with Crippen molar-refractivity contribution in [2.75, 3.05) is 0 Å². The van der Waals surface area contributed by atoms with E-state index < -0.39 is 24.0 Å². The second kappa shape index (κ2) is 7.11. The van der Waals surface area contributed by atoms with Crippen molar-refractivity contribution in [3.8, 4) is 11.8 Å². The highest BCUT2D eigenvalue weighted by Crippen LogP contribution is 2.39. The van der Waals surface area contributed by atoms with E-state index in [0.717, 1.165) is 16.7 Å². The van der Waals surface area contributed by atoms with Gasteiger partial charge in [-0.25, -0.2) is 4.39 Å². The van der Waals surface area contributed by atoms with Crippen LogP contribution in [0.15, 0.2) is 60.3 Å². The smallest absolute Gasteiger partial charge is 0.398 e. The van der Waals surface area contributed by atoms with Crippen LogP contribution in [0, 0.1) is 11.8 Å². The average Bonchev–Trinajstić information content (AvgIpc) is 2.82. The first kappa shape index (κ1) is 18.4. The normalized spacial score (nSPS) is 18.3. The van der Waals surface area contributed by atoms with Crippen LogP contribution in [-0.2, 0) is 9.31 Å². The van der Waals surface area contributed by atoms with Crippen LogP contribution in [-0.4, -0.2) is 18.3 Å². The molecule has 2 aromatic carbocycles. The van der Waals surface area contributed by atoms with Gasteiger partial charge in [-0.15, -0.1) is 0 Å². The molecule has 132 valence electrons. The lowest BCUT2D eigenvalue weighted by Crippen LogP contribution is -2.41. The summed E-state index contributed by atoms with van der Waals surface area (Å²) >= 11 is 0. The van der Waals surface area contributed by atoms with Crippen molar-refractivity contribution in [1.82, 2.24) is 0 Å². The number of rotatable bonds is 2. The first-order chi connectivity index (χ1) is 12.3. The van der Waals surface area contributed by atoms with E-state index in [1.807, 2.05) is 82.3 Å². The van der Waals surface area contributed by atoms with Gasteiger partial charge in [-0.05, 0) is 63.6 Å². The molecule has 1 aliphatic rings. The van der Waals surface area contributed by atoms with Crippen molar-refractivity contribution in [1.29, 1.82) is 0 Å². The van der Waals surface area contributed by atoms with Crippen LogP contribution < -0.4 is 0 Å². The number of hydrogen-bond donors (Lipinski definition) is 0. The molecule has 2 aromatic rings. The summed E-state index contributed by atoms with van der Waals surface area (Å²) in [5, 5.41) is 0. The molecule has 0 spiro atoms. The Bertz CT molecular complexity index is 860. The van der Waals surface area contributed by atoms with Crippen LogP contribution in [0.5, 0.6) is 0 Å². The average molecular weight is 348 g/mol. The zero-order valence-electron chi connectivity index (χ0n) is 15.5. The standard InChI is InChI=1S/C22H22BFO2/c1-21(2)22(3,4)26-23(25-21)20(24)16-19-12-8-11-18(15-19)14-13-17-9-6-5-7-10-17/h5-12,15-16H,1-4H3. The van der Waals surface area contributed by atoms with Crippen LogP contribution >= 0.6 is 0 Å². The van der Waals surface area contributed by atoms with Crippen molar-refractivity contribution in [3.05, 3.63) is 77.0 Å². The van der Waals surface area contributed by atoms with Gasteiger partial charge in [-0.3, -0.25) is 0 Å². The Morgan fingerprint density at radius 1 is 0.885 bits per heavy atom. The third kappa shape index (κ3) is 4.07. The number of hydrogen-bond acceptors (Lipinski definition) is 2. The molecule has 0 saturated carbocycles. The summed E-state index contributed by atoms with van der Waals surface area (Å²) in [6, 6.07) is 17.2. The molecule has 1 aliphatic heterocycles. The predicted molar refractivity (Wildman–Crippen MR) is 104 cm³/mol. The van der Waals surface area contributed by atoms with Gasteiger partial charge in [0.2, 0.25) is 0 Å². The van der Waals surface area contributed by atoms with Crippen molar-refractivity contribution in [2.24, 2.45) is 0 Å². The molecule has 0 atom stereocenters. The van der Waals surface area contributed by atoms with Crippen LogP contribution in [0.1, 0.15) is 44.4 Å². The fourth-order valence-corrected chi connectivity index (χ4v) is 2.55. The first-order valence-corrected chi connectivity index (χ1v) is 8.67. The van der Waals surface area contributed by atoms with Gasteiger partial charge in [0.05, 0.1) is 11.2 Å². The summed E-state index contributed by atoms with van der Waals surface area (Å²) in [6.07, 6.45) is 1.44. The van der Waals surface area contributed by atoms with E-state index in [4.69, 9.17) is 9.31 Å². The summed E-state index contributed by atoms with van der Waals surface area (Å²) < 4.78 is 26.1. The van der Waals surface area contributed by atoms with E-state index in [-0.39, 0.29) is 0 Å². The summed E-state index contributed by atoms with van der Waals surface area (Å²) in [5.41, 5.74) is 0.910. The molecule has 26 heavy (non-hydrogen) atoms. The lowest BCUT2D eigenvalue weighted by Gasteiger charge is -2.32. The molecule has 2 nitrogen and oxygen atoms in total. The first-order valence-electron chi connectivity index (χ1n) is 8.67. The monoisotopic (exact) mass is 348 g/mol. The molecule has 1 saturated heterocycles. The molecule has 1 fully saturated rings. The van der Waals surface area contributed by atoms with E-state index in [1.165, 1.54) is 6.08 Å². The van der Waals surface area contributed by atoms with Gasteiger partial charge in [0.15, 0.2) is 0 Å². The van der Waals surface area contributed by atoms with Crippen molar-refractivity contribution < 1.29 is 13.7 Å². The Hall–Kier alpha value is -2.35. The quantitative estimate of drug-likeness (QED) is 0.560. The second-order valence-corrected chi connectivity index (χ2v) is 7.36. The van der Waals surface area contributed by atoms with Gasteiger partial charge in [-0.1, -0.05) is 42.2 Å². The molecular weight excluding hydrogens is 326 g/mol. The van der Waals surface area contributed by atoms with Crippen molar-refractivity contribution >= 4 is 13.2 Å². The van der Waals surface area contributed by atoms with Gasteiger partial charge < -0.3 is 9.31 Å². The molecule has 0 bridgehead atoms. The molecule has 0 unspecified atom stereocenters. The maximum atomic E-state index is 14.6. The van der Waals surface area contributed by atoms with Gasteiger partial charge in [0.25, 0.3) is 0 Å². The maximum absolute atomic E-state index is 14.6. The molecule has 0 aliphatic carbocycles. The molecule has 0 amide bonds.